The van der Waals surface area contributed by atoms with Crippen LogP contribution in [0.1, 0.15) is 44.2 Å². The average molecular weight is 374 g/mol. The van der Waals surface area contributed by atoms with Crippen LogP contribution in [0.4, 0.5) is 5.69 Å². The van der Waals surface area contributed by atoms with Crippen molar-refractivity contribution in [2.24, 2.45) is 0 Å². The van der Waals surface area contributed by atoms with E-state index in [9.17, 15) is 9.59 Å². The van der Waals surface area contributed by atoms with Gasteiger partial charge in [-0.25, -0.2) is 0 Å². The Morgan fingerprint density at radius 1 is 1.07 bits per heavy atom. The monoisotopic (exact) mass is 374 g/mol. The van der Waals surface area contributed by atoms with Crippen LogP contribution in [0.25, 0.3) is 0 Å². The Kier molecular flexibility index (Phi) is 7.73. The van der Waals surface area contributed by atoms with Gasteiger partial charge in [0, 0.05) is 11.8 Å². The molecular weight excluding hydrogens is 348 g/mol. The molecule has 0 aliphatic rings. The van der Waals surface area contributed by atoms with Gasteiger partial charge in [0.05, 0.1) is 19.5 Å². The lowest BCUT2D eigenvalue weighted by Crippen LogP contribution is -2.41. The maximum atomic E-state index is 12.4. The molecule has 0 radical (unpaired) electrons. The van der Waals surface area contributed by atoms with Gasteiger partial charge in [-0.1, -0.05) is 13.8 Å². The molecule has 1 heterocycles. The molecule has 2 rings (SSSR count). The Bertz CT molecular complexity index is 743. The van der Waals surface area contributed by atoms with Gasteiger partial charge in [0.1, 0.15) is 6.04 Å². The van der Waals surface area contributed by atoms with Crippen LogP contribution in [-0.2, 0) is 4.79 Å². The number of anilines is 1. The van der Waals surface area contributed by atoms with Crippen molar-refractivity contribution < 1.29 is 23.5 Å². The minimum atomic E-state index is -0.737. The van der Waals surface area contributed by atoms with Crippen LogP contribution in [-0.4, -0.2) is 31.1 Å². The fraction of sp³-hybridized carbons (Fsp3) is 0.400. The van der Waals surface area contributed by atoms with Crippen molar-refractivity contribution in [1.82, 2.24) is 5.32 Å². The molecule has 0 saturated carbocycles. The molecule has 0 aliphatic carbocycles. The Labute approximate surface area is 159 Å². The van der Waals surface area contributed by atoms with Crippen LogP contribution in [0.3, 0.4) is 0 Å². The summed E-state index contributed by atoms with van der Waals surface area (Å²) in [6, 6.07) is 7.63. The summed E-state index contributed by atoms with van der Waals surface area (Å²) in [5, 5.41) is 5.36. The van der Waals surface area contributed by atoms with Gasteiger partial charge in [0.15, 0.2) is 17.3 Å². The van der Waals surface area contributed by atoms with Gasteiger partial charge in [-0.2, -0.15) is 0 Å². The van der Waals surface area contributed by atoms with E-state index in [1.807, 2.05) is 13.8 Å². The zero-order valence-electron chi connectivity index (χ0n) is 15.9. The standard InChI is InChI=1S/C20H26N2O5/c1-4-10-25-16-9-8-15(13-18(16)26-11-5-2)22-19(23)14(3)21-20(24)17-7-6-12-27-17/h6-9,12-14H,4-5,10-11H2,1-3H3,(H,21,24)(H,22,23). The number of benzene rings is 1. The summed E-state index contributed by atoms with van der Waals surface area (Å²) in [6.45, 7) is 6.78. The van der Waals surface area contributed by atoms with E-state index in [0.717, 1.165) is 12.8 Å². The van der Waals surface area contributed by atoms with Crippen molar-refractivity contribution in [2.45, 2.75) is 39.7 Å². The molecule has 7 nitrogen and oxygen atoms in total. The molecule has 1 aromatic carbocycles. The lowest BCUT2D eigenvalue weighted by molar-refractivity contribution is -0.117. The number of hydrogen-bond donors (Lipinski definition) is 2. The molecule has 2 amide bonds. The zero-order chi connectivity index (χ0) is 19.6. The highest BCUT2D eigenvalue weighted by atomic mass is 16.5. The SMILES string of the molecule is CCCOc1ccc(NC(=O)C(C)NC(=O)c2ccco2)cc1OCCC. The van der Waals surface area contributed by atoms with Crippen molar-refractivity contribution in [3.05, 3.63) is 42.4 Å². The van der Waals surface area contributed by atoms with E-state index in [4.69, 9.17) is 13.9 Å². The molecule has 0 spiro atoms. The van der Waals surface area contributed by atoms with Crippen molar-refractivity contribution in [3.63, 3.8) is 0 Å². The minimum Gasteiger partial charge on any atom is -0.490 e. The molecule has 2 aromatic rings. The lowest BCUT2D eigenvalue weighted by atomic mass is 10.2. The first-order valence-electron chi connectivity index (χ1n) is 9.10. The summed E-state index contributed by atoms with van der Waals surface area (Å²) in [5.74, 6) is 0.580. The summed E-state index contributed by atoms with van der Waals surface area (Å²) in [6.07, 6.45) is 3.15. The topological polar surface area (TPSA) is 89.8 Å². The van der Waals surface area contributed by atoms with Gasteiger partial charge in [-0.3, -0.25) is 9.59 Å². The summed E-state index contributed by atoms with van der Waals surface area (Å²) >= 11 is 0. The Balaban J connectivity index is 2.01. The quantitative estimate of drug-likeness (QED) is 0.663. The maximum Gasteiger partial charge on any atom is 0.287 e. The van der Waals surface area contributed by atoms with Crippen LogP contribution in [0, 0.1) is 0 Å². The van der Waals surface area contributed by atoms with Gasteiger partial charge in [0.2, 0.25) is 5.91 Å². The average Bonchev–Trinajstić information content (AvgIpc) is 3.20. The predicted molar refractivity (Wildman–Crippen MR) is 102 cm³/mol. The van der Waals surface area contributed by atoms with Gasteiger partial charge in [-0.15, -0.1) is 0 Å². The molecule has 0 aliphatic heterocycles. The largest absolute Gasteiger partial charge is 0.490 e. The van der Waals surface area contributed by atoms with Crippen LogP contribution < -0.4 is 20.1 Å². The number of nitrogens with one attached hydrogen (secondary N) is 2. The third-order valence-electron chi connectivity index (χ3n) is 3.62. The molecule has 2 N–H and O–H groups in total. The molecule has 0 bridgehead atoms. The second kappa shape index (κ2) is 10.3. The highest BCUT2D eigenvalue weighted by molar-refractivity contribution is 6.00. The normalized spacial score (nSPS) is 11.5. The first-order chi connectivity index (χ1) is 13.0. The summed E-state index contributed by atoms with van der Waals surface area (Å²) in [4.78, 5) is 24.3. The number of rotatable bonds is 10. The summed E-state index contributed by atoms with van der Waals surface area (Å²) in [7, 11) is 0. The van der Waals surface area contributed by atoms with E-state index >= 15 is 0 Å². The second-order valence-electron chi connectivity index (χ2n) is 6.02. The Morgan fingerprint density at radius 3 is 2.41 bits per heavy atom. The number of furan rings is 1. The van der Waals surface area contributed by atoms with E-state index in [1.165, 1.54) is 12.3 Å². The lowest BCUT2D eigenvalue weighted by Gasteiger charge is -2.16. The number of amides is 2. The van der Waals surface area contributed by atoms with Crippen molar-refractivity contribution in [2.75, 3.05) is 18.5 Å². The zero-order valence-corrected chi connectivity index (χ0v) is 15.9. The Morgan fingerprint density at radius 2 is 1.78 bits per heavy atom. The highest BCUT2D eigenvalue weighted by Crippen LogP contribution is 2.31. The number of carbonyl (C=O) groups excluding carboxylic acids is 2. The molecule has 7 heteroatoms. The predicted octanol–water partition coefficient (Wildman–Crippen LogP) is 3.61. The van der Waals surface area contributed by atoms with Crippen LogP contribution in [0.15, 0.2) is 41.0 Å². The van der Waals surface area contributed by atoms with Crippen molar-refractivity contribution in [3.8, 4) is 11.5 Å². The molecule has 1 aromatic heterocycles. The van der Waals surface area contributed by atoms with Crippen LogP contribution >= 0.6 is 0 Å². The molecule has 27 heavy (non-hydrogen) atoms. The van der Waals surface area contributed by atoms with E-state index < -0.39 is 11.9 Å². The first kappa shape index (κ1) is 20.4. The fourth-order valence-corrected chi connectivity index (χ4v) is 2.23. The van der Waals surface area contributed by atoms with Gasteiger partial charge in [-0.05, 0) is 44.0 Å². The van der Waals surface area contributed by atoms with E-state index in [1.54, 1.807) is 31.2 Å². The molecule has 0 saturated heterocycles. The van der Waals surface area contributed by atoms with E-state index in [0.29, 0.717) is 30.4 Å². The van der Waals surface area contributed by atoms with E-state index in [-0.39, 0.29) is 11.7 Å². The molecule has 146 valence electrons. The number of hydrogen-bond acceptors (Lipinski definition) is 5. The Hall–Kier alpha value is -2.96. The summed E-state index contributed by atoms with van der Waals surface area (Å²) < 4.78 is 16.4. The fourth-order valence-electron chi connectivity index (χ4n) is 2.23. The van der Waals surface area contributed by atoms with Gasteiger partial charge >= 0.3 is 0 Å². The van der Waals surface area contributed by atoms with Crippen molar-refractivity contribution in [1.29, 1.82) is 0 Å². The van der Waals surface area contributed by atoms with Crippen molar-refractivity contribution >= 4 is 17.5 Å². The highest BCUT2D eigenvalue weighted by Gasteiger charge is 2.19. The number of ether oxygens (including phenoxy) is 2. The molecular formula is C20H26N2O5. The summed E-state index contributed by atoms with van der Waals surface area (Å²) in [5.41, 5.74) is 0.564. The van der Waals surface area contributed by atoms with Crippen LogP contribution in [0.2, 0.25) is 0 Å². The van der Waals surface area contributed by atoms with Gasteiger partial charge in [0.25, 0.3) is 5.91 Å². The molecule has 0 fully saturated rings. The first-order valence-corrected chi connectivity index (χ1v) is 9.10. The third kappa shape index (κ3) is 6.06. The van der Waals surface area contributed by atoms with E-state index in [2.05, 4.69) is 10.6 Å². The van der Waals surface area contributed by atoms with Crippen LogP contribution in [0.5, 0.6) is 11.5 Å². The minimum absolute atomic E-state index is 0.155. The van der Waals surface area contributed by atoms with Gasteiger partial charge < -0.3 is 24.5 Å². The third-order valence-corrected chi connectivity index (χ3v) is 3.62. The second-order valence-corrected chi connectivity index (χ2v) is 6.02. The molecule has 1 atom stereocenters. The molecule has 1 unspecified atom stereocenters. The maximum absolute atomic E-state index is 12.4. The number of carbonyl (C=O) groups is 2. The smallest absolute Gasteiger partial charge is 0.287 e.